The van der Waals surface area contributed by atoms with Gasteiger partial charge in [0.25, 0.3) is 0 Å². The molecule has 3 heterocycles. The fourth-order valence-corrected chi connectivity index (χ4v) is 4.83. The van der Waals surface area contributed by atoms with E-state index in [1.165, 1.54) is 71.0 Å². The second-order valence-electron chi connectivity index (χ2n) is 9.21. The summed E-state index contributed by atoms with van der Waals surface area (Å²) in [5, 5.41) is 3.50. The fraction of sp³-hybridized carbons (Fsp3) is 0.958. The molecule has 0 radical (unpaired) electrons. The summed E-state index contributed by atoms with van der Waals surface area (Å²) < 4.78 is 12.0. The third-order valence-corrected chi connectivity index (χ3v) is 6.71. The van der Waals surface area contributed by atoms with Crippen LogP contribution in [0.25, 0.3) is 0 Å². The van der Waals surface area contributed by atoms with Crippen LogP contribution in [-0.4, -0.2) is 87.0 Å². The summed E-state index contributed by atoms with van der Waals surface area (Å²) in [6, 6.07) is 0. The molecule has 6 nitrogen and oxygen atoms in total. The molecule has 0 aromatic heterocycles. The average molecular weight is 551 g/mol. The van der Waals surface area contributed by atoms with Crippen molar-refractivity contribution in [3.63, 3.8) is 0 Å². The van der Waals surface area contributed by atoms with Crippen molar-refractivity contribution in [3.05, 3.63) is 0 Å². The zero-order chi connectivity index (χ0) is 20.9. The van der Waals surface area contributed by atoms with Crippen LogP contribution in [0.5, 0.6) is 0 Å². The SMILES string of the molecule is CCNC(=NCCCCCN1CCCCC1)N1CCC(OCC2CCCCO2)CC1.I. The number of piperidine rings is 2. The predicted molar refractivity (Wildman–Crippen MR) is 140 cm³/mol. The smallest absolute Gasteiger partial charge is 0.193 e. The van der Waals surface area contributed by atoms with E-state index in [0.29, 0.717) is 12.2 Å². The molecule has 1 unspecified atom stereocenters. The number of ether oxygens (including phenoxy) is 2. The lowest BCUT2D eigenvalue weighted by atomic mass is 10.1. The number of aliphatic imine (C=N–C) groups is 1. The highest BCUT2D eigenvalue weighted by Crippen LogP contribution is 2.18. The van der Waals surface area contributed by atoms with Crippen LogP contribution < -0.4 is 5.32 Å². The van der Waals surface area contributed by atoms with E-state index in [2.05, 4.69) is 22.0 Å². The van der Waals surface area contributed by atoms with Gasteiger partial charge in [-0.2, -0.15) is 0 Å². The molecule has 0 spiro atoms. The van der Waals surface area contributed by atoms with E-state index < -0.39 is 0 Å². The minimum absolute atomic E-state index is 0. The number of nitrogens with zero attached hydrogens (tertiary/aromatic N) is 3. The maximum absolute atomic E-state index is 6.17. The number of likely N-dealkylation sites (tertiary alicyclic amines) is 2. The normalized spacial score (nSPS) is 24.1. The summed E-state index contributed by atoms with van der Waals surface area (Å²) in [4.78, 5) is 9.99. The Hall–Kier alpha value is -0.120. The van der Waals surface area contributed by atoms with E-state index >= 15 is 0 Å². The summed E-state index contributed by atoms with van der Waals surface area (Å²) in [7, 11) is 0. The van der Waals surface area contributed by atoms with E-state index in [0.717, 1.165) is 64.6 Å². The van der Waals surface area contributed by atoms with Gasteiger partial charge in [0.05, 0.1) is 18.8 Å². The van der Waals surface area contributed by atoms with E-state index in [-0.39, 0.29) is 24.0 Å². The van der Waals surface area contributed by atoms with Gasteiger partial charge in [-0.3, -0.25) is 4.99 Å². The van der Waals surface area contributed by atoms with Gasteiger partial charge < -0.3 is 24.6 Å². The van der Waals surface area contributed by atoms with Gasteiger partial charge in [0.15, 0.2) is 5.96 Å². The second-order valence-corrected chi connectivity index (χ2v) is 9.21. The first-order valence-electron chi connectivity index (χ1n) is 12.8. The molecular weight excluding hydrogens is 503 g/mol. The Morgan fingerprint density at radius 2 is 1.77 bits per heavy atom. The molecule has 0 aromatic rings. The van der Waals surface area contributed by atoms with Crippen LogP contribution in [0.2, 0.25) is 0 Å². The highest BCUT2D eigenvalue weighted by atomic mass is 127. The van der Waals surface area contributed by atoms with E-state index in [9.17, 15) is 0 Å². The monoisotopic (exact) mass is 550 g/mol. The molecule has 3 aliphatic heterocycles. The van der Waals surface area contributed by atoms with Crippen molar-refractivity contribution in [2.45, 2.75) is 89.8 Å². The first-order valence-corrected chi connectivity index (χ1v) is 12.8. The van der Waals surface area contributed by atoms with Gasteiger partial charge in [-0.25, -0.2) is 0 Å². The number of guanidine groups is 1. The molecule has 3 fully saturated rings. The maximum Gasteiger partial charge on any atom is 0.193 e. The van der Waals surface area contributed by atoms with Crippen molar-refractivity contribution in [3.8, 4) is 0 Å². The number of unbranched alkanes of at least 4 members (excludes halogenated alkanes) is 2. The minimum Gasteiger partial charge on any atom is -0.376 e. The molecule has 3 aliphatic rings. The molecule has 0 amide bonds. The van der Waals surface area contributed by atoms with Crippen LogP contribution in [0.15, 0.2) is 4.99 Å². The molecule has 3 saturated heterocycles. The van der Waals surface area contributed by atoms with Crippen molar-refractivity contribution in [2.75, 3.05) is 59.0 Å². The molecule has 1 N–H and O–H groups in total. The molecule has 3 rings (SSSR count). The molecule has 31 heavy (non-hydrogen) atoms. The Morgan fingerprint density at radius 1 is 0.968 bits per heavy atom. The molecule has 1 atom stereocenters. The minimum atomic E-state index is 0. The van der Waals surface area contributed by atoms with Gasteiger partial charge in [0.2, 0.25) is 0 Å². The first kappa shape index (κ1) is 27.1. The number of rotatable bonds is 10. The van der Waals surface area contributed by atoms with E-state index in [4.69, 9.17) is 14.5 Å². The Kier molecular flexibility index (Phi) is 14.4. The molecule has 0 bridgehead atoms. The standard InChI is InChI=1S/C24H46N4O2.HI/c1-2-25-24(26-14-6-3-7-15-27-16-8-4-9-17-27)28-18-12-22(13-19-28)30-21-23-11-5-10-20-29-23;/h22-23H,2-21H2,1H3,(H,25,26);1H. The topological polar surface area (TPSA) is 49.3 Å². The van der Waals surface area contributed by atoms with Crippen LogP contribution in [0.4, 0.5) is 0 Å². The lowest BCUT2D eigenvalue weighted by molar-refractivity contribution is -0.0721. The third kappa shape index (κ3) is 10.6. The van der Waals surface area contributed by atoms with Crippen molar-refractivity contribution in [1.29, 1.82) is 0 Å². The molecule has 182 valence electrons. The lowest BCUT2D eigenvalue weighted by Gasteiger charge is -2.35. The van der Waals surface area contributed by atoms with Gasteiger partial charge in [0, 0.05) is 32.8 Å². The first-order chi connectivity index (χ1) is 14.8. The Balaban J connectivity index is 0.00000341. The quantitative estimate of drug-likeness (QED) is 0.191. The number of nitrogens with one attached hydrogen (secondary N) is 1. The number of hydrogen-bond acceptors (Lipinski definition) is 4. The van der Waals surface area contributed by atoms with Crippen LogP contribution in [0.1, 0.15) is 77.6 Å². The van der Waals surface area contributed by atoms with Crippen molar-refractivity contribution >= 4 is 29.9 Å². The van der Waals surface area contributed by atoms with Gasteiger partial charge in [-0.05, 0) is 84.3 Å². The fourth-order valence-electron chi connectivity index (χ4n) is 4.83. The van der Waals surface area contributed by atoms with E-state index in [1.54, 1.807) is 0 Å². The highest BCUT2D eigenvalue weighted by Gasteiger charge is 2.23. The Labute approximate surface area is 207 Å². The van der Waals surface area contributed by atoms with Crippen molar-refractivity contribution in [2.24, 2.45) is 4.99 Å². The highest BCUT2D eigenvalue weighted by molar-refractivity contribution is 14.0. The number of hydrogen-bond donors (Lipinski definition) is 1. The molecular formula is C24H47IN4O2. The Morgan fingerprint density at radius 3 is 2.48 bits per heavy atom. The molecule has 0 saturated carbocycles. The van der Waals surface area contributed by atoms with Crippen LogP contribution in [0, 0.1) is 0 Å². The summed E-state index contributed by atoms with van der Waals surface area (Å²) in [5.41, 5.74) is 0. The summed E-state index contributed by atoms with van der Waals surface area (Å²) in [5.74, 6) is 1.10. The van der Waals surface area contributed by atoms with Gasteiger partial charge in [-0.15, -0.1) is 24.0 Å². The maximum atomic E-state index is 6.17. The Bertz CT molecular complexity index is 474. The van der Waals surface area contributed by atoms with Gasteiger partial charge in [0.1, 0.15) is 0 Å². The largest absolute Gasteiger partial charge is 0.376 e. The molecule has 0 aromatic carbocycles. The predicted octanol–water partition coefficient (Wildman–Crippen LogP) is 4.28. The van der Waals surface area contributed by atoms with Gasteiger partial charge in [-0.1, -0.05) is 12.8 Å². The summed E-state index contributed by atoms with van der Waals surface area (Å²) >= 11 is 0. The summed E-state index contributed by atoms with van der Waals surface area (Å²) in [6.07, 6.45) is 14.6. The zero-order valence-corrected chi connectivity index (χ0v) is 22.2. The number of halogens is 1. The van der Waals surface area contributed by atoms with Crippen LogP contribution in [0.3, 0.4) is 0 Å². The average Bonchev–Trinajstić information content (AvgIpc) is 2.81. The van der Waals surface area contributed by atoms with E-state index in [1.807, 2.05) is 0 Å². The molecule has 7 heteroatoms. The third-order valence-electron chi connectivity index (χ3n) is 6.71. The van der Waals surface area contributed by atoms with Crippen LogP contribution >= 0.6 is 24.0 Å². The second kappa shape index (κ2) is 16.5. The van der Waals surface area contributed by atoms with Crippen molar-refractivity contribution in [1.82, 2.24) is 15.1 Å². The lowest BCUT2D eigenvalue weighted by Crippen LogP contribution is -2.47. The zero-order valence-electron chi connectivity index (χ0n) is 19.9. The summed E-state index contributed by atoms with van der Waals surface area (Å²) in [6.45, 7) is 11.7. The van der Waals surface area contributed by atoms with Gasteiger partial charge >= 0.3 is 0 Å². The van der Waals surface area contributed by atoms with Crippen LogP contribution in [-0.2, 0) is 9.47 Å². The van der Waals surface area contributed by atoms with Crippen molar-refractivity contribution < 1.29 is 9.47 Å². The molecule has 0 aliphatic carbocycles.